The molecule has 5 nitrogen and oxygen atoms in total. The minimum Gasteiger partial charge on any atom is -0.357 e. The lowest BCUT2D eigenvalue weighted by Gasteiger charge is -2.30. The highest BCUT2D eigenvalue weighted by atomic mass is 127. The number of thiazole rings is 1. The van der Waals surface area contributed by atoms with Crippen molar-refractivity contribution >= 4 is 41.3 Å². The van der Waals surface area contributed by atoms with E-state index in [4.69, 9.17) is 4.99 Å². The van der Waals surface area contributed by atoms with Crippen molar-refractivity contribution in [2.45, 2.75) is 53.4 Å². The van der Waals surface area contributed by atoms with Crippen LogP contribution in [0.1, 0.15) is 48.7 Å². The van der Waals surface area contributed by atoms with E-state index in [1.807, 2.05) is 0 Å². The molecule has 0 aliphatic carbocycles. The number of aromatic nitrogens is 1. The van der Waals surface area contributed by atoms with Crippen LogP contribution < -0.4 is 10.6 Å². The van der Waals surface area contributed by atoms with Gasteiger partial charge >= 0.3 is 0 Å². The first-order valence-corrected chi connectivity index (χ1v) is 10.6. The first kappa shape index (κ1) is 23.6. The molecule has 2 heterocycles. The number of aliphatic imine (C=N–C) groups is 1. The number of nitrogens with zero attached hydrogens (tertiary/aromatic N) is 3. The summed E-state index contributed by atoms with van der Waals surface area (Å²) < 4.78 is 0. The molecule has 1 saturated heterocycles. The van der Waals surface area contributed by atoms with Gasteiger partial charge in [-0.2, -0.15) is 0 Å². The first-order valence-electron chi connectivity index (χ1n) is 9.79. The Morgan fingerprint density at radius 2 is 1.96 bits per heavy atom. The van der Waals surface area contributed by atoms with E-state index in [2.05, 4.69) is 48.2 Å². The minimum atomic E-state index is 0. The van der Waals surface area contributed by atoms with Gasteiger partial charge in [0.05, 0.1) is 10.7 Å². The molecule has 1 aromatic heterocycles. The number of guanidine groups is 1. The molecule has 0 saturated carbocycles. The average molecular weight is 494 g/mol. The summed E-state index contributed by atoms with van der Waals surface area (Å²) in [7, 11) is 0. The Balaban J connectivity index is 0.00000338. The van der Waals surface area contributed by atoms with Crippen LogP contribution in [0.15, 0.2) is 4.99 Å². The second-order valence-electron chi connectivity index (χ2n) is 6.85. The van der Waals surface area contributed by atoms with Gasteiger partial charge in [-0.15, -0.1) is 35.3 Å². The summed E-state index contributed by atoms with van der Waals surface area (Å²) in [6.45, 7) is 15.0. The number of halogens is 1. The van der Waals surface area contributed by atoms with E-state index >= 15 is 0 Å². The molecule has 0 unspecified atom stereocenters. The van der Waals surface area contributed by atoms with Crippen molar-refractivity contribution in [1.82, 2.24) is 20.5 Å². The standard InChI is InChI=1S/C19H35N5S.HI/c1-5-20-19(22-12-8-18-23-15(3)16(4)25-18)21-11-7-17-9-13-24(6-2)14-10-17;/h17H,5-14H2,1-4H3,(H2,20,21,22);1H. The molecule has 2 N–H and O–H groups in total. The summed E-state index contributed by atoms with van der Waals surface area (Å²) in [6, 6.07) is 0. The molecule has 0 atom stereocenters. The van der Waals surface area contributed by atoms with Gasteiger partial charge in [-0.1, -0.05) is 6.92 Å². The van der Waals surface area contributed by atoms with E-state index < -0.39 is 0 Å². The van der Waals surface area contributed by atoms with Crippen molar-refractivity contribution in [3.63, 3.8) is 0 Å². The topological polar surface area (TPSA) is 52.6 Å². The molecule has 0 bridgehead atoms. The van der Waals surface area contributed by atoms with Crippen molar-refractivity contribution in [1.29, 1.82) is 0 Å². The van der Waals surface area contributed by atoms with Crippen LogP contribution >= 0.6 is 35.3 Å². The largest absolute Gasteiger partial charge is 0.357 e. The fraction of sp³-hybridized carbons (Fsp3) is 0.789. The van der Waals surface area contributed by atoms with Crippen molar-refractivity contribution in [2.24, 2.45) is 10.9 Å². The van der Waals surface area contributed by atoms with Gasteiger partial charge in [0, 0.05) is 30.9 Å². The van der Waals surface area contributed by atoms with Gasteiger partial charge in [-0.05, 0) is 65.6 Å². The normalized spacial score (nSPS) is 16.4. The Hall–Kier alpha value is -0.410. The van der Waals surface area contributed by atoms with Gasteiger partial charge in [0.15, 0.2) is 5.96 Å². The monoisotopic (exact) mass is 493 g/mol. The fourth-order valence-corrected chi connectivity index (χ4v) is 4.16. The summed E-state index contributed by atoms with van der Waals surface area (Å²) in [5.41, 5.74) is 1.16. The summed E-state index contributed by atoms with van der Waals surface area (Å²) in [6.07, 6.45) is 4.82. The summed E-state index contributed by atoms with van der Waals surface area (Å²) >= 11 is 1.80. The van der Waals surface area contributed by atoms with Crippen LogP contribution in [0.3, 0.4) is 0 Å². The lowest BCUT2D eigenvalue weighted by molar-refractivity contribution is 0.188. The molecule has 1 aromatic rings. The fourth-order valence-electron chi connectivity index (χ4n) is 3.23. The van der Waals surface area contributed by atoms with E-state index in [0.29, 0.717) is 0 Å². The van der Waals surface area contributed by atoms with Gasteiger partial charge in [0.1, 0.15) is 0 Å². The van der Waals surface area contributed by atoms with Crippen molar-refractivity contribution in [3.8, 4) is 0 Å². The highest BCUT2D eigenvalue weighted by molar-refractivity contribution is 14.0. The van der Waals surface area contributed by atoms with Crippen LogP contribution in [0.4, 0.5) is 0 Å². The molecule has 1 fully saturated rings. The van der Waals surface area contributed by atoms with Crippen molar-refractivity contribution < 1.29 is 0 Å². The third-order valence-electron chi connectivity index (χ3n) is 5.01. The van der Waals surface area contributed by atoms with E-state index in [-0.39, 0.29) is 24.0 Å². The molecule has 26 heavy (non-hydrogen) atoms. The Kier molecular flexibility index (Phi) is 11.7. The number of nitrogens with one attached hydrogen (secondary N) is 2. The third kappa shape index (κ3) is 8.08. The number of hydrogen-bond acceptors (Lipinski definition) is 4. The lowest BCUT2D eigenvalue weighted by atomic mass is 9.94. The second-order valence-corrected chi connectivity index (χ2v) is 8.14. The molecule has 0 radical (unpaired) electrons. The number of piperidine rings is 1. The van der Waals surface area contributed by atoms with E-state index in [1.165, 1.54) is 48.8 Å². The maximum atomic E-state index is 4.76. The van der Waals surface area contributed by atoms with Crippen molar-refractivity contribution in [2.75, 3.05) is 39.3 Å². The maximum absolute atomic E-state index is 4.76. The van der Waals surface area contributed by atoms with Gasteiger partial charge in [-0.3, -0.25) is 4.99 Å². The van der Waals surface area contributed by atoms with Gasteiger partial charge in [0.25, 0.3) is 0 Å². The third-order valence-corrected chi connectivity index (χ3v) is 6.14. The molecular weight excluding hydrogens is 457 g/mol. The smallest absolute Gasteiger partial charge is 0.191 e. The first-order chi connectivity index (χ1) is 12.1. The zero-order valence-electron chi connectivity index (χ0n) is 16.8. The van der Waals surface area contributed by atoms with Gasteiger partial charge < -0.3 is 15.5 Å². The molecule has 0 spiro atoms. The van der Waals surface area contributed by atoms with E-state index in [0.717, 1.165) is 43.6 Å². The molecule has 1 aliphatic rings. The Labute approximate surface area is 180 Å². The van der Waals surface area contributed by atoms with E-state index in [1.54, 1.807) is 11.3 Å². The number of rotatable bonds is 8. The van der Waals surface area contributed by atoms with Crippen LogP contribution in [-0.4, -0.2) is 55.1 Å². The molecule has 0 aromatic carbocycles. The molecular formula is C19H36IN5S. The molecule has 1 aliphatic heterocycles. The average Bonchev–Trinajstić information content (AvgIpc) is 2.93. The second kappa shape index (κ2) is 12.9. The van der Waals surface area contributed by atoms with Crippen LogP contribution in [-0.2, 0) is 6.42 Å². The summed E-state index contributed by atoms with van der Waals surface area (Å²) in [4.78, 5) is 13.2. The lowest BCUT2D eigenvalue weighted by Crippen LogP contribution is -2.38. The molecule has 7 heteroatoms. The predicted molar refractivity (Wildman–Crippen MR) is 124 cm³/mol. The zero-order valence-corrected chi connectivity index (χ0v) is 20.0. The summed E-state index contributed by atoms with van der Waals surface area (Å²) in [5, 5.41) is 8.01. The molecule has 0 amide bonds. The highest BCUT2D eigenvalue weighted by Gasteiger charge is 2.17. The highest BCUT2D eigenvalue weighted by Crippen LogP contribution is 2.20. The van der Waals surface area contributed by atoms with Gasteiger partial charge in [-0.25, -0.2) is 4.98 Å². The van der Waals surface area contributed by atoms with Crippen LogP contribution in [0.5, 0.6) is 0 Å². The van der Waals surface area contributed by atoms with Crippen LogP contribution in [0.2, 0.25) is 0 Å². The van der Waals surface area contributed by atoms with Crippen molar-refractivity contribution in [3.05, 3.63) is 15.6 Å². The molecule has 2 rings (SSSR count). The zero-order chi connectivity index (χ0) is 18.1. The number of likely N-dealkylation sites (tertiary alicyclic amines) is 1. The Bertz CT molecular complexity index is 519. The predicted octanol–water partition coefficient (Wildman–Crippen LogP) is 3.60. The van der Waals surface area contributed by atoms with Gasteiger partial charge in [0.2, 0.25) is 0 Å². The Morgan fingerprint density at radius 1 is 1.23 bits per heavy atom. The number of aryl methyl sites for hydroxylation is 2. The van der Waals surface area contributed by atoms with Crippen LogP contribution in [0, 0.1) is 19.8 Å². The minimum absolute atomic E-state index is 0. The number of hydrogen-bond donors (Lipinski definition) is 2. The van der Waals surface area contributed by atoms with Crippen LogP contribution in [0.25, 0.3) is 0 Å². The Morgan fingerprint density at radius 3 is 2.54 bits per heavy atom. The quantitative estimate of drug-likeness (QED) is 0.330. The maximum Gasteiger partial charge on any atom is 0.191 e. The van der Waals surface area contributed by atoms with E-state index in [9.17, 15) is 0 Å². The SMILES string of the molecule is CCNC(=NCCC1CCN(CC)CC1)NCCc1nc(C)c(C)s1.I. The summed E-state index contributed by atoms with van der Waals surface area (Å²) in [5.74, 6) is 1.79. The molecule has 150 valence electrons.